The van der Waals surface area contributed by atoms with Gasteiger partial charge in [-0.1, -0.05) is 0 Å². The number of likely N-dealkylation sites (N-methyl/N-ethyl adjacent to an activating group) is 1. The van der Waals surface area contributed by atoms with Crippen molar-refractivity contribution in [2.24, 2.45) is 5.92 Å². The molecule has 1 fully saturated rings. The van der Waals surface area contributed by atoms with Crippen molar-refractivity contribution in [3.05, 3.63) is 0 Å². The van der Waals surface area contributed by atoms with Gasteiger partial charge in [0.1, 0.15) is 0 Å². The average molecular weight is 284 g/mol. The van der Waals surface area contributed by atoms with Gasteiger partial charge in [-0.25, -0.2) is 0 Å². The summed E-state index contributed by atoms with van der Waals surface area (Å²) in [7, 11) is 0. The van der Waals surface area contributed by atoms with E-state index in [1.807, 2.05) is 6.92 Å². The Morgan fingerprint density at radius 2 is 2.20 bits per heavy atom. The zero-order chi connectivity index (χ0) is 15.0. The molecular weight excluding hydrogens is 252 g/mol. The van der Waals surface area contributed by atoms with Crippen LogP contribution in [0.1, 0.15) is 53.4 Å². The van der Waals surface area contributed by atoms with Crippen LogP contribution < -0.4 is 5.32 Å². The molecule has 0 bridgehead atoms. The molecule has 0 aromatic carbocycles. The van der Waals surface area contributed by atoms with Crippen molar-refractivity contribution >= 4 is 5.91 Å². The van der Waals surface area contributed by atoms with Crippen LogP contribution in [-0.4, -0.2) is 49.2 Å². The third-order valence-electron chi connectivity index (χ3n) is 4.05. The number of hydrogen-bond acceptors (Lipinski definition) is 3. The highest BCUT2D eigenvalue weighted by Crippen LogP contribution is 2.26. The van der Waals surface area contributed by atoms with E-state index in [-0.39, 0.29) is 5.91 Å². The van der Waals surface area contributed by atoms with E-state index in [2.05, 4.69) is 31.0 Å². The first-order valence-electron chi connectivity index (χ1n) is 8.15. The summed E-state index contributed by atoms with van der Waals surface area (Å²) in [5.41, 5.74) is 0. The lowest BCUT2D eigenvalue weighted by atomic mass is 9.88. The van der Waals surface area contributed by atoms with Crippen molar-refractivity contribution in [1.29, 1.82) is 0 Å². The number of ether oxygens (including phenoxy) is 1. The Morgan fingerprint density at radius 1 is 1.45 bits per heavy atom. The minimum atomic E-state index is 0.156. The Bertz CT molecular complexity index is 282. The van der Waals surface area contributed by atoms with Crippen LogP contribution >= 0.6 is 0 Å². The molecule has 1 saturated heterocycles. The third-order valence-corrected chi connectivity index (χ3v) is 4.05. The van der Waals surface area contributed by atoms with E-state index in [0.29, 0.717) is 18.7 Å². The zero-order valence-electron chi connectivity index (χ0n) is 13.7. The molecule has 1 heterocycles. The van der Waals surface area contributed by atoms with E-state index in [1.165, 1.54) is 19.3 Å². The summed E-state index contributed by atoms with van der Waals surface area (Å²) >= 11 is 0. The van der Waals surface area contributed by atoms with E-state index >= 15 is 0 Å². The number of likely N-dealkylation sites (tertiary alicyclic amines) is 1. The number of piperidine rings is 1. The first kappa shape index (κ1) is 17.4. The Labute approximate surface area is 124 Å². The summed E-state index contributed by atoms with van der Waals surface area (Å²) in [5, 5.41) is 2.88. The van der Waals surface area contributed by atoms with Crippen LogP contribution in [0.4, 0.5) is 0 Å². The zero-order valence-corrected chi connectivity index (χ0v) is 13.7. The highest BCUT2D eigenvalue weighted by Gasteiger charge is 2.26. The van der Waals surface area contributed by atoms with Crippen LogP contribution in [0.2, 0.25) is 0 Å². The summed E-state index contributed by atoms with van der Waals surface area (Å²) < 4.78 is 5.60. The minimum Gasteiger partial charge on any atom is -0.379 e. The van der Waals surface area contributed by atoms with Gasteiger partial charge in [-0.2, -0.15) is 0 Å². The monoisotopic (exact) mass is 284 g/mol. The van der Waals surface area contributed by atoms with Gasteiger partial charge in [-0.05, 0) is 65.8 Å². The molecule has 1 N–H and O–H groups in total. The van der Waals surface area contributed by atoms with Crippen molar-refractivity contribution < 1.29 is 9.53 Å². The molecule has 0 spiro atoms. The minimum absolute atomic E-state index is 0.156. The summed E-state index contributed by atoms with van der Waals surface area (Å²) in [5.74, 6) is 0.953. The molecule has 2 atom stereocenters. The molecule has 4 nitrogen and oxygen atoms in total. The van der Waals surface area contributed by atoms with Crippen LogP contribution in [0.15, 0.2) is 0 Å². The van der Waals surface area contributed by atoms with Crippen molar-refractivity contribution in [1.82, 2.24) is 10.2 Å². The number of carbonyl (C=O) groups is 1. The van der Waals surface area contributed by atoms with E-state index in [1.54, 1.807) is 0 Å². The largest absolute Gasteiger partial charge is 0.379 e. The molecule has 1 aliphatic heterocycles. The molecule has 118 valence electrons. The first-order valence-corrected chi connectivity index (χ1v) is 8.15. The molecule has 1 unspecified atom stereocenters. The fourth-order valence-corrected chi connectivity index (χ4v) is 2.94. The number of amides is 1. The first-order chi connectivity index (χ1) is 9.52. The highest BCUT2D eigenvalue weighted by molar-refractivity contribution is 5.77. The van der Waals surface area contributed by atoms with Crippen molar-refractivity contribution in [2.45, 2.75) is 65.5 Å². The number of rotatable bonds is 8. The topological polar surface area (TPSA) is 41.6 Å². The lowest BCUT2D eigenvalue weighted by molar-refractivity contribution is -0.123. The van der Waals surface area contributed by atoms with Gasteiger partial charge in [-0.15, -0.1) is 0 Å². The van der Waals surface area contributed by atoms with E-state index < -0.39 is 0 Å². The second-order valence-corrected chi connectivity index (χ2v) is 6.23. The number of carbonyl (C=O) groups excluding carboxylic acids is 1. The molecule has 1 rings (SSSR count). The number of hydrogen-bond donors (Lipinski definition) is 1. The highest BCUT2D eigenvalue weighted by atomic mass is 16.5. The SMILES string of the molecule is CCNC(=O)CN1CCC(CCCOC(C)C)C[C@@H]1C. The second-order valence-electron chi connectivity index (χ2n) is 6.23. The second kappa shape index (κ2) is 9.35. The number of nitrogens with zero attached hydrogens (tertiary/aromatic N) is 1. The van der Waals surface area contributed by atoms with Crippen molar-refractivity contribution in [3.63, 3.8) is 0 Å². The van der Waals surface area contributed by atoms with Crippen molar-refractivity contribution in [3.8, 4) is 0 Å². The molecule has 0 aromatic heterocycles. The maximum atomic E-state index is 11.6. The molecule has 1 aliphatic rings. The Morgan fingerprint density at radius 3 is 2.80 bits per heavy atom. The molecule has 4 heteroatoms. The summed E-state index contributed by atoms with van der Waals surface area (Å²) in [6.45, 7) is 11.6. The molecule has 0 saturated carbocycles. The Kier molecular flexibility index (Phi) is 8.15. The molecule has 0 aliphatic carbocycles. The van der Waals surface area contributed by atoms with E-state index in [0.717, 1.165) is 32.0 Å². The summed E-state index contributed by atoms with van der Waals surface area (Å²) in [6, 6.07) is 0.516. The van der Waals surface area contributed by atoms with Gasteiger partial charge in [0.2, 0.25) is 5.91 Å². The predicted octanol–water partition coefficient (Wildman–Crippen LogP) is 2.43. The van der Waals surface area contributed by atoms with Gasteiger partial charge in [0.25, 0.3) is 0 Å². The molecule has 20 heavy (non-hydrogen) atoms. The van der Waals surface area contributed by atoms with Crippen LogP contribution in [0.5, 0.6) is 0 Å². The summed E-state index contributed by atoms with van der Waals surface area (Å²) in [4.78, 5) is 14.0. The van der Waals surface area contributed by atoms with Gasteiger partial charge >= 0.3 is 0 Å². The molecule has 0 radical (unpaired) electrons. The number of nitrogens with one attached hydrogen (secondary N) is 1. The van der Waals surface area contributed by atoms with Crippen LogP contribution in [0.3, 0.4) is 0 Å². The Balaban J connectivity index is 2.20. The fraction of sp³-hybridized carbons (Fsp3) is 0.938. The lowest BCUT2D eigenvalue weighted by Gasteiger charge is -2.37. The summed E-state index contributed by atoms with van der Waals surface area (Å²) in [6.07, 6.45) is 5.18. The fourth-order valence-electron chi connectivity index (χ4n) is 2.94. The normalized spacial score (nSPS) is 24.1. The Hall–Kier alpha value is -0.610. The standard InChI is InChI=1S/C16H32N2O2/c1-5-17-16(19)12-18-9-8-15(11-14(18)4)7-6-10-20-13(2)3/h13-15H,5-12H2,1-4H3,(H,17,19)/t14-,15?/m0/s1. The van der Waals surface area contributed by atoms with Crippen LogP contribution in [0.25, 0.3) is 0 Å². The lowest BCUT2D eigenvalue weighted by Crippen LogP contribution is -2.46. The maximum Gasteiger partial charge on any atom is 0.234 e. The smallest absolute Gasteiger partial charge is 0.234 e. The van der Waals surface area contributed by atoms with E-state index in [9.17, 15) is 4.79 Å². The average Bonchev–Trinajstić information content (AvgIpc) is 2.38. The van der Waals surface area contributed by atoms with Gasteiger partial charge in [0, 0.05) is 19.2 Å². The maximum absolute atomic E-state index is 11.6. The van der Waals surface area contributed by atoms with Gasteiger partial charge in [-0.3, -0.25) is 9.69 Å². The molecule has 0 aromatic rings. The quantitative estimate of drug-likeness (QED) is 0.696. The van der Waals surface area contributed by atoms with Crippen LogP contribution in [-0.2, 0) is 9.53 Å². The molecular formula is C16H32N2O2. The third kappa shape index (κ3) is 6.71. The predicted molar refractivity (Wildman–Crippen MR) is 82.8 cm³/mol. The van der Waals surface area contributed by atoms with Gasteiger partial charge in [0.05, 0.1) is 12.6 Å². The van der Waals surface area contributed by atoms with Gasteiger partial charge in [0.15, 0.2) is 0 Å². The van der Waals surface area contributed by atoms with Gasteiger partial charge < -0.3 is 10.1 Å². The van der Waals surface area contributed by atoms with Crippen LogP contribution in [0, 0.1) is 5.92 Å². The molecule has 1 amide bonds. The van der Waals surface area contributed by atoms with E-state index in [4.69, 9.17) is 4.74 Å². The van der Waals surface area contributed by atoms with Crippen molar-refractivity contribution in [2.75, 3.05) is 26.2 Å².